The Kier molecular flexibility index (Phi) is 3.95. The van der Waals surface area contributed by atoms with Crippen molar-refractivity contribution >= 4 is 22.1 Å². The van der Waals surface area contributed by atoms with E-state index in [1.807, 2.05) is 30.3 Å². The number of rotatable bonds is 4. The lowest BCUT2D eigenvalue weighted by Gasteiger charge is -2.17. The predicted octanol–water partition coefficient (Wildman–Crippen LogP) is 4.77. The SMILES string of the molecule is Cc1cscc1CNC(C)c1ccc2ccccc2c1O. The fourth-order valence-corrected chi connectivity index (χ4v) is 3.42. The quantitative estimate of drug-likeness (QED) is 0.727. The third kappa shape index (κ3) is 2.80. The van der Waals surface area contributed by atoms with Crippen molar-refractivity contribution in [3.05, 3.63) is 63.8 Å². The second-order valence-corrected chi connectivity index (χ2v) is 6.15. The molecule has 0 radical (unpaired) electrons. The predicted molar refractivity (Wildman–Crippen MR) is 89.9 cm³/mol. The average molecular weight is 297 g/mol. The fraction of sp³-hybridized carbons (Fsp3) is 0.222. The van der Waals surface area contributed by atoms with Crippen molar-refractivity contribution in [1.82, 2.24) is 5.32 Å². The Hall–Kier alpha value is -1.84. The summed E-state index contributed by atoms with van der Waals surface area (Å²) in [6.45, 7) is 5.04. The van der Waals surface area contributed by atoms with Crippen LogP contribution in [0.5, 0.6) is 5.75 Å². The summed E-state index contributed by atoms with van der Waals surface area (Å²) in [5, 5.41) is 20.3. The third-order valence-electron chi connectivity index (χ3n) is 3.96. The van der Waals surface area contributed by atoms with E-state index in [2.05, 4.69) is 36.0 Å². The van der Waals surface area contributed by atoms with Gasteiger partial charge in [-0.3, -0.25) is 0 Å². The van der Waals surface area contributed by atoms with Gasteiger partial charge in [0.05, 0.1) is 0 Å². The van der Waals surface area contributed by atoms with E-state index >= 15 is 0 Å². The van der Waals surface area contributed by atoms with E-state index in [4.69, 9.17) is 0 Å². The molecule has 0 aliphatic carbocycles. The van der Waals surface area contributed by atoms with Gasteiger partial charge in [0.2, 0.25) is 0 Å². The van der Waals surface area contributed by atoms with Crippen molar-refractivity contribution in [1.29, 1.82) is 0 Å². The van der Waals surface area contributed by atoms with Gasteiger partial charge in [-0.2, -0.15) is 11.3 Å². The van der Waals surface area contributed by atoms with Crippen molar-refractivity contribution in [2.75, 3.05) is 0 Å². The van der Waals surface area contributed by atoms with Crippen LogP contribution in [-0.4, -0.2) is 5.11 Å². The standard InChI is InChI=1S/C18H19NOS/c1-12-10-21-11-15(12)9-19-13(2)16-8-7-14-5-3-4-6-17(14)18(16)20/h3-8,10-11,13,19-20H,9H2,1-2H3. The number of phenols is 1. The lowest BCUT2D eigenvalue weighted by molar-refractivity contribution is 0.458. The number of aromatic hydroxyl groups is 1. The summed E-state index contributed by atoms with van der Waals surface area (Å²) in [7, 11) is 0. The molecule has 0 amide bonds. The highest BCUT2D eigenvalue weighted by atomic mass is 32.1. The zero-order valence-corrected chi connectivity index (χ0v) is 13.1. The first-order valence-corrected chi connectivity index (χ1v) is 8.07. The molecule has 2 aromatic carbocycles. The molecule has 3 aromatic rings. The summed E-state index contributed by atoms with van der Waals surface area (Å²) in [5.41, 5.74) is 3.59. The smallest absolute Gasteiger partial charge is 0.128 e. The highest BCUT2D eigenvalue weighted by Crippen LogP contribution is 2.32. The zero-order valence-electron chi connectivity index (χ0n) is 12.3. The van der Waals surface area contributed by atoms with E-state index in [1.54, 1.807) is 11.3 Å². The van der Waals surface area contributed by atoms with Crippen molar-refractivity contribution in [3.63, 3.8) is 0 Å². The molecule has 2 N–H and O–H groups in total. The Balaban J connectivity index is 1.83. The molecule has 1 atom stereocenters. The van der Waals surface area contributed by atoms with Gasteiger partial charge >= 0.3 is 0 Å². The van der Waals surface area contributed by atoms with Crippen LogP contribution >= 0.6 is 11.3 Å². The van der Waals surface area contributed by atoms with Crippen LogP contribution in [0.1, 0.15) is 29.7 Å². The van der Waals surface area contributed by atoms with Crippen LogP contribution in [0.4, 0.5) is 0 Å². The molecule has 0 fully saturated rings. The average Bonchev–Trinajstić information content (AvgIpc) is 2.91. The van der Waals surface area contributed by atoms with Crippen LogP contribution in [0.3, 0.4) is 0 Å². The lowest BCUT2D eigenvalue weighted by atomic mass is 10.0. The first-order valence-electron chi connectivity index (χ1n) is 7.12. The Bertz CT molecular complexity index is 763. The van der Waals surface area contributed by atoms with Gasteiger partial charge in [0, 0.05) is 23.5 Å². The third-order valence-corrected chi connectivity index (χ3v) is 4.87. The molecular formula is C18H19NOS. The Morgan fingerprint density at radius 3 is 2.71 bits per heavy atom. The molecule has 1 aromatic heterocycles. The van der Waals surface area contributed by atoms with Gasteiger partial charge in [0.15, 0.2) is 0 Å². The number of aryl methyl sites for hydroxylation is 1. The zero-order chi connectivity index (χ0) is 14.8. The first kappa shape index (κ1) is 14.1. The Labute approximate surface area is 129 Å². The van der Waals surface area contributed by atoms with Crippen LogP contribution in [0.15, 0.2) is 47.2 Å². The topological polar surface area (TPSA) is 32.3 Å². The Morgan fingerprint density at radius 1 is 1.14 bits per heavy atom. The van der Waals surface area contributed by atoms with E-state index in [9.17, 15) is 5.11 Å². The minimum Gasteiger partial charge on any atom is -0.507 e. The molecule has 0 saturated carbocycles. The molecule has 3 rings (SSSR count). The summed E-state index contributed by atoms with van der Waals surface area (Å²) in [4.78, 5) is 0. The Morgan fingerprint density at radius 2 is 1.95 bits per heavy atom. The molecule has 108 valence electrons. The number of thiophene rings is 1. The van der Waals surface area contributed by atoms with Gasteiger partial charge in [-0.15, -0.1) is 0 Å². The molecule has 21 heavy (non-hydrogen) atoms. The number of hydrogen-bond donors (Lipinski definition) is 2. The number of benzene rings is 2. The maximum atomic E-state index is 10.5. The molecule has 2 nitrogen and oxygen atoms in total. The second kappa shape index (κ2) is 5.88. The van der Waals surface area contributed by atoms with Crippen molar-refractivity contribution in [3.8, 4) is 5.75 Å². The van der Waals surface area contributed by atoms with E-state index in [1.165, 1.54) is 11.1 Å². The monoisotopic (exact) mass is 297 g/mol. The maximum Gasteiger partial charge on any atom is 0.128 e. The summed E-state index contributed by atoms with van der Waals surface area (Å²) in [6.07, 6.45) is 0. The van der Waals surface area contributed by atoms with Gasteiger partial charge in [-0.25, -0.2) is 0 Å². The summed E-state index contributed by atoms with van der Waals surface area (Å²) >= 11 is 1.73. The van der Waals surface area contributed by atoms with Crippen LogP contribution in [-0.2, 0) is 6.54 Å². The number of hydrogen-bond acceptors (Lipinski definition) is 3. The molecule has 0 bridgehead atoms. The van der Waals surface area contributed by atoms with E-state index < -0.39 is 0 Å². The van der Waals surface area contributed by atoms with E-state index in [0.29, 0.717) is 5.75 Å². The molecule has 0 saturated heterocycles. The van der Waals surface area contributed by atoms with Gasteiger partial charge < -0.3 is 10.4 Å². The van der Waals surface area contributed by atoms with Crippen molar-refractivity contribution in [2.45, 2.75) is 26.4 Å². The largest absolute Gasteiger partial charge is 0.507 e. The second-order valence-electron chi connectivity index (χ2n) is 5.41. The first-order chi connectivity index (χ1) is 10.2. The summed E-state index contributed by atoms with van der Waals surface area (Å²) < 4.78 is 0. The number of fused-ring (bicyclic) bond motifs is 1. The molecule has 0 aliphatic heterocycles. The van der Waals surface area contributed by atoms with Gasteiger partial charge in [0.25, 0.3) is 0 Å². The summed E-state index contributed by atoms with van der Waals surface area (Å²) in [5.74, 6) is 0.384. The van der Waals surface area contributed by atoms with Gasteiger partial charge in [-0.1, -0.05) is 36.4 Å². The van der Waals surface area contributed by atoms with E-state index in [0.717, 1.165) is 22.9 Å². The van der Waals surface area contributed by atoms with Gasteiger partial charge in [0.1, 0.15) is 5.75 Å². The number of phenolic OH excluding ortho intramolecular Hbond substituents is 1. The summed E-state index contributed by atoms with van der Waals surface area (Å²) in [6, 6.07) is 12.1. The molecular weight excluding hydrogens is 278 g/mol. The highest BCUT2D eigenvalue weighted by molar-refractivity contribution is 7.08. The normalized spacial score (nSPS) is 12.7. The number of nitrogens with one attached hydrogen (secondary N) is 1. The minimum atomic E-state index is 0.105. The van der Waals surface area contributed by atoms with Crippen molar-refractivity contribution in [2.24, 2.45) is 0 Å². The van der Waals surface area contributed by atoms with Crippen LogP contribution in [0.2, 0.25) is 0 Å². The minimum absolute atomic E-state index is 0.105. The molecule has 0 aliphatic rings. The van der Waals surface area contributed by atoms with E-state index in [-0.39, 0.29) is 6.04 Å². The van der Waals surface area contributed by atoms with Crippen LogP contribution < -0.4 is 5.32 Å². The fourth-order valence-electron chi connectivity index (χ4n) is 2.56. The van der Waals surface area contributed by atoms with Crippen molar-refractivity contribution < 1.29 is 5.11 Å². The van der Waals surface area contributed by atoms with Gasteiger partial charge in [-0.05, 0) is 41.1 Å². The highest BCUT2D eigenvalue weighted by Gasteiger charge is 2.13. The van der Waals surface area contributed by atoms with Crippen LogP contribution in [0, 0.1) is 6.92 Å². The maximum absolute atomic E-state index is 10.5. The molecule has 3 heteroatoms. The molecule has 0 spiro atoms. The molecule has 1 heterocycles. The lowest BCUT2D eigenvalue weighted by Crippen LogP contribution is -2.18. The van der Waals surface area contributed by atoms with Crippen LogP contribution in [0.25, 0.3) is 10.8 Å². The molecule has 1 unspecified atom stereocenters.